The molecular formula is C44H48Cl5N5O11. The van der Waals surface area contributed by atoms with E-state index in [-0.39, 0.29) is 25.8 Å². The lowest BCUT2D eigenvalue weighted by molar-refractivity contribution is -0.613. The van der Waals surface area contributed by atoms with Gasteiger partial charge in [0.15, 0.2) is 37.6 Å². The molecule has 0 bridgehead atoms. The van der Waals surface area contributed by atoms with Crippen LogP contribution < -0.4 is 4.73 Å². The number of carbonyl (C=O) groups excluding carboxylic acids is 2. The number of hydrogen-bond donors (Lipinski definition) is 2. The van der Waals surface area contributed by atoms with Crippen molar-refractivity contribution in [3.63, 3.8) is 0 Å². The van der Waals surface area contributed by atoms with Crippen molar-refractivity contribution in [3.05, 3.63) is 148 Å². The molecule has 0 radical (unpaired) electrons. The van der Waals surface area contributed by atoms with E-state index in [1.54, 1.807) is 44.4 Å². The van der Waals surface area contributed by atoms with E-state index in [2.05, 4.69) is 19.9 Å². The van der Waals surface area contributed by atoms with Gasteiger partial charge in [0.2, 0.25) is 5.69 Å². The van der Waals surface area contributed by atoms with Gasteiger partial charge in [0.05, 0.1) is 101 Å². The highest BCUT2D eigenvalue weighted by Gasteiger charge is 2.22. The normalized spacial score (nSPS) is 15.4. The maximum atomic E-state index is 11.4. The van der Waals surface area contributed by atoms with Gasteiger partial charge in [-0.3, -0.25) is 29.5 Å². The largest absolute Gasteiger partial charge is 0.618 e. The molecule has 0 unspecified atom stereocenters. The molecular weight excluding hydrogens is 952 g/mol. The first-order valence-electron chi connectivity index (χ1n) is 20.0. The molecule has 16 nitrogen and oxygen atoms in total. The summed E-state index contributed by atoms with van der Waals surface area (Å²) in [4.78, 5) is 36.2. The summed E-state index contributed by atoms with van der Waals surface area (Å²) in [6.07, 6.45) is 10.6. The molecule has 2 N–H and O–H groups in total. The van der Waals surface area contributed by atoms with E-state index in [0.29, 0.717) is 91.6 Å². The molecule has 350 valence electrons. The maximum absolute atomic E-state index is 11.4. The minimum Gasteiger partial charge on any atom is -0.618 e. The number of carbonyl (C=O) groups is 2. The molecule has 21 heteroatoms. The van der Waals surface area contributed by atoms with E-state index >= 15 is 0 Å². The number of aryl methyl sites for hydroxylation is 2. The van der Waals surface area contributed by atoms with Gasteiger partial charge in [-0.15, -0.1) is 0 Å². The number of pyridine rings is 5. The smallest absolute Gasteiger partial charge is 0.208 e. The lowest BCUT2D eigenvalue weighted by atomic mass is 10.2. The third kappa shape index (κ3) is 17.3. The first kappa shape index (κ1) is 53.6. The van der Waals surface area contributed by atoms with Crippen LogP contribution in [0.15, 0.2) is 61.3 Å². The van der Waals surface area contributed by atoms with Gasteiger partial charge in [0.1, 0.15) is 5.02 Å². The number of ether oxygens (including phenoxy) is 6. The fourth-order valence-electron chi connectivity index (χ4n) is 5.42. The van der Waals surface area contributed by atoms with Crippen LogP contribution in [0.4, 0.5) is 0 Å². The number of halogens is 5. The number of aldehydes is 2. The molecule has 0 aliphatic carbocycles. The minimum absolute atomic E-state index is 0.161. The number of aromatic nitrogens is 5. The lowest BCUT2D eigenvalue weighted by Gasteiger charge is -2.23. The van der Waals surface area contributed by atoms with Crippen LogP contribution in [0.1, 0.15) is 104 Å². The molecule has 0 spiro atoms. The summed E-state index contributed by atoms with van der Waals surface area (Å²) in [5.74, 6) is 0. The van der Waals surface area contributed by atoms with Crippen LogP contribution in [0.5, 0.6) is 0 Å². The average Bonchev–Trinajstić information content (AvgIpc) is 3.34. The number of rotatable bonds is 7. The highest BCUT2D eigenvalue weighted by Crippen LogP contribution is 2.28. The Labute approximate surface area is 401 Å². The quantitative estimate of drug-likeness (QED) is 0.0887. The summed E-state index contributed by atoms with van der Waals surface area (Å²) in [5.41, 5.74) is 6.17. The zero-order chi connectivity index (χ0) is 47.3. The Morgan fingerprint density at radius 1 is 0.554 bits per heavy atom. The minimum atomic E-state index is -0.461. The van der Waals surface area contributed by atoms with Crippen molar-refractivity contribution in [2.75, 3.05) is 39.6 Å². The van der Waals surface area contributed by atoms with E-state index in [9.17, 15) is 14.8 Å². The molecule has 3 aliphatic rings. The summed E-state index contributed by atoms with van der Waals surface area (Å²) < 4.78 is 33.2. The molecule has 0 saturated carbocycles. The first-order chi connectivity index (χ1) is 31.3. The summed E-state index contributed by atoms with van der Waals surface area (Å²) in [6, 6.07) is 8.33. The molecule has 0 atom stereocenters. The van der Waals surface area contributed by atoms with Gasteiger partial charge in [-0.25, -0.2) is 0 Å². The second-order valence-corrected chi connectivity index (χ2v) is 16.0. The summed E-state index contributed by atoms with van der Waals surface area (Å²) >= 11 is 29.1. The number of nitrogens with zero attached hydrogens (tertiary/aromatic N) is 5. The third-order valence-corrected chi connectivity index (χ3v) is 10.9. The predicted octanol–water partition coefficient (Wildman–Crippen LogP) is 8.75. The maximum Gasteiger partial charge on any atom is 0.208 e. The lowest BCUT2D eigenvalue weighted by Crippen LogP contribution is -2.32. The van der Waals surface area contributed by atoms with E-state index < -0.39 is 6.29 Å². The fourth-order valence-corrected chi connectivity index (χ4v) is 6.45. The molecule has 0 aromatic carbocycles. The van der Waals surface area contributed by atoms with Crippen molar-refractivity contribution >= 4 is 70.6 Å². The molecule has 3 saturated heterocycles. The van der Waals surface area contributed by atoms with Crippen LogP contribution in [0.3, 0.4) is 0 Å². The van der Waals surface area contributed by atoms with Gasteiger partial charge in [-0.2, -0.15) is 4.73 Å². The second kappa shape index (κ2) is 28.3. The molecule has 0 amide bonds. The van der Waals surface area contributed by atoms with Gasteiger partial charge < -0.3 is 43.8 Å². The Morgan fingerprint density at radius 2 is 0.908 bits per heavy atom. The molecule has 3 fully saturated rings. The topological polar surface area (TPSA) is 208 Å². The van der Waals surface area contributed by atoms with Gasteiger partial charge in [0, 0.05) is 54.0 Å². The van der Waals surface area contributed by atoms with Crippen molar-refractivity contribution in [2.24, 2.45) is 0 Å². The highest BCUT2D eigenvalue weighted by molar-refractivity contribution is 6.32. The molecule has 5 aromatic rings. The SMILES string of the molecule is Cc1c(Cl)cc(C2OCCCO2)c[n+]1[O-].Cc1ncc(C2OCCCO2)cc1Cl.Cc1ncc(C=O)cc1Cl.O=Cc1cnc(CO)c(Cl)c1.OCc1ncc(C2OCCCO2)cc1Cl. The van der Waals surface area contributed by atoms with Crippen molar-refractivity contribution in [1.29, 1.82) is 0 Å². The molecule has 65 heavy (non-hydrogen) atoms. The summed E-state index contributed by atoms with van der Waals surface area (Å²) in [7, 11) is 0. The van der Waals surface area contributed by atoms with Crippen LogP contribution >= 0.6 is 58.0 Å². The van der Waals surface area contributed by atoms with Gasteiger partial charge in [0.25, 0.3) is 0 Å². The summed E-state index contributed by atoms with van der Waals surface area (Å²) in [5, 5.41) is 31.4. The van der Waals surface area contributed by atoms with Crippen molar-refractivity contribution in [3.8, 4) is 0 Å². The van der Waals surface area contributed by atoms with Crippen LogP contribution in [-0.4, -0.2) is 82.4 Å². The molecule has 3 aliphatic heterocycles. The highest BCUT2D eigenvalue weighted by atomic mass is 35.5. The van der Waals surface area contributed by atoms with Crippen molar-refractivity contribution in [1.82, 2.24) is 19.9 Å². The van der Waals surface area contributed by atoms with E-state index in [0.717, 1.165) is 66.0 Å². The van der Waals surface area contributed by atoms with E-state index in [4.69, 9.17) is 96.6 Å². The molecule has 8 heterocycles. The number of hydrogen-bond acceptors (Lipinski definition) is 15. The van der Waals surface area contributed by atoms with Crippen LogP contribution in [0.25, 0.3) is 0 Å². The van der Waals surface area contributed by atoms with Gasteiger partial charge in [-0.05, 0) is 63.4 Å². The van der Waals surface area contributed by atoms with Crippen molar-refractivity contribution in [2.45, 2.75) is 72.1 Å². The van der Waals surface area contributed by atoms with Crippen LogP contribution in [-0.2, 0) is 41.6 Å². The van der Waals surface area contributed by atoms with Gasteiger partial charge >= 0.3 is 0 Å². The van der Waals surface area contributed by atoms with Crippen LogP contribution in [0, 0.1) is 26.0 Å². The average molecular weight is 1000 g/mol. The molecule has 5 aromatic heterocycles. The zero-order valence-electron chi connectivity index (χ0n) is 35.6. The van der Waals surface area contributed by atoms with Gasteiger partial charge in [-0.1, -0.05) is 58.0 Å². The number of aliphatic hydroxyl groups excluding tert-OH is 2. The molecule has 8 rings (SSSR count). The fraction of sp³-hybridized carbons (Fsp3) is 0.386. The third-order valence-electron chi connectivity index (χ3n) is 9.08. The van der Waals surface area contributed by atoms with E-state index in [1.165, 1.54) is 24.7 Å². The van der Waals surface area contributed by atoms with Crippen LogP contribution in [0.2, 0.25) is 25.1 Å². The Kier molecular flexibility index (Phi) is 23.3. The Morgan fingerprint density at radius 3 is 1.31 bits per heavy atom. The van der Waals surface area contributed by atoms with E-state index in [1.807, 2.05) is 13.0 Å². The second-order valence-electron chi connectivity index (χ2n) is 13.9. The predicted molar refractivity (Wildman–Crippen MR) is 242 cm³/mol. The standard InChI is InChI=1S/2C10H12ClNO3.C10H12ClNO2.C7H6ClNO2.C7H6ClNO/c1-7-9(11)5-8(6-12(7)13)10-14-3-2-4-15-10;11-8-4-7(5-12-9(8)6-13)10-14-2-1-3-15-10;1-7-9(11)5-8(6-12-7)10-13-3-2-4-14-10;8-6-1-5(3-10)2-9-7(6)4-11;1-5-7(8)2-6(4-10)3-9-5/h5-6,10H,2-4H2,1H3;4-5,10,13H,1-3,6H2;5-6,10H,2-4H2,1H3;1-3,11H,4H2;2-4H,1H3. The Bertz CT molecular complexity index is 2270. The number of aliphatic hydroxyl groups is 2. The first-order valence-corrected chi connectivity index (χ1v) is 21.9. The zero-order valence-corrected chi connectivity index (χ0v) is 39.4. The monoisotopic (exact) mass is 997 g/mol. The Balaban J connectivity index is 0.000000179. The Hall–Kier alpha value is -3.98. The summed E-state index contributed by atoms with van der Waals surface area (Å²) in [6.45, 7) is 9.08. The van der Waals surface area contributed by atoms with Crippen molar-refractivity contribution < 1.29 is 53.0 Å².